The zero-order valence-corrected chi connectivity index (χ0v) is 16.1. The molecule has 1 aliphatic heterocycles. The number of ether oxygens (including phenoxy) is 1. The van der Waals surface area contributed by atoms with Crippen LogP contribution in [0.25, 0.3) is 0 Å². The van der Waals surface area contributed by atoms with E-state index < -0.39 is 17.7 Å². The lowest BCUT2D eigenvalue weighted by molar-refractivity contribution is -0.165. The topological polar surface area (TPSA) is 72.6 Å². The maximum absolute atomic E-state index is 13.1. The predicted octanol–water partition coefficient (Wildman–Crippen LogP) is 2.86. The highest BCUT2D eigenvalue weighted by molar-refractivity contribution is 5.89. The zero-order chi connectivity index (χ0) is 18.3. The largest absolute Gasteiger partial charge is 0.458 e. The van der Waals surface area contributed by atoms with Gasteiger partial charge in [0.05, 0.1) is 6.04 Å². The molecule has 0 aromatic heterocycles. The smallest absolute Gasteiger partial charge is 0.329 e. The number of nitrogens with two attached hydrogens (primary N) is 1. The Morgan fingerprint density at radius 1 is 1.08 bits per heavy atom. The van der Waals surface area contributed by atoms with Gasteiger partial charge < -0.3 is 15.4 Å². The van der Waals surface area contributed by atoms with E-state index in [1.807, 2.05) is 41.5 Å². The Hall–Kier alpha value is -1.10. The molecule has 0 unspecified atom stereocenters. The summed E-state index contributed by atoms with van der Waals surface area (Å²) in [5, 5.41) is 0. The van der Waals surface area contributed by atoms with E-state index in [4.69, 9.17) is 10.5 Å². The first-order valence-electron chi connectivity index (χ1n) is 9.22. The number of carbonyl (C=O) groups excluding carboxylic acids is 2. The summed E-state index contributed by atoms with van der Waals surface area (Å²) in [5.41, 5.74) is 5.36. The molecule has 4 atom stereocenters. The predicted molar refractivity (Wildman–Crippen MR) is 94.3 cm³/mol. The Morgan fingerprint density at radius 2 is 1.67 bits per heavy atom. The highest BCUT2D eigenvalue weighted by Gasteiger charge is 2.50. The van der Waals surface area contributed by atoms with Gasteiger partial charge >= 0.3 is 5.97 Å². The molecule has 1 aliphatic carbocycles. The van der Waals surface area contributed by atoms with Gasteiger partial charge in [0.2, 0.25) is 5.91 Å². The van der Waals surface area contributed by atoms with Gasteiger partial charge in [-0.2, -0.15) is 0 Å². The SMILES string of the molecule is CC(C)(C)OC(=O)[C@@H]1C[C@@H]2CCCC[C@@H]2N1C(=O)[C@@H](N)C(C)(C)C. The van der Waals surface area contributed by atoms with E-state index in [1.165, 1.54) is 6.42 Å². The molecule has 0 spiro atoms. The number of amides is 1. The second-order valence-electron chi connectivity index (χ2n) is 9.49. The normalized spacial score (nSPS) is 29.1. The minimum atomic E-state index is -0.608. The molecule has 2 rings (SSSR count). The van der Waals surface area contributed by atoms with Crippen molar-refractivity contribution in [2.75, 3.05) is 0 Å². The van der Waals surface area contributed by atoms with E-state index in [-0.39, 0.29) is 23.3 Å². The molecule has 0 aromatic rings. The summed E-state index contributed by atoms with van der Waals surface area (Å²) < 4.78 is 5.60. The van der Waals surface area contributed by atoms with E-state index in [0.717, 1.165) is 19.3 Å². The second-order valence-corrected chi connectivity index (χ2v) is 9.49. The summed E-state index contributed by atoms with van der Waals surface area (Å²) in [6, 6.07) is -0.960. The molecular formula is C19H34N2O3. The zero-order valence-electron chi connectivity index (χ0n) is 16.1. The summed E-state index contributed by atoms with van der Waals surface area (Å²) in [6.45, 7) is 11.5. The number of rotatable bonds is 2. The van der Waals surface area contributed by atoms with Crippen LogP contribution in [0.5, 0.6) is 0 Å². The van der Waals surface area contributed by atoms with Gasteiger partial charge in [-0.05, 0) is 51.4 Å². The average molecular weight is 338 g/mol. The molecule has 1 saturated carbocycles. The second kappa shape index (κ2) is 6.66. The van der Waals surface area contributed by atoms with E-state index in [9.17, 15) is 9.59 Å². The van der Waals surface area contributed by atoms with Crippen LogP contribution < -0.4 is 5.73 Å². The van der Waals surface area contributed by atoms with Crippen LogP contribution in [0.2, 0.25) is 0 Å². The number of carbonyl (C=O) groups is 2. The minimum Gasteiger partial charge on any atom is -0.458 e. The molecule has 0 radical (unpaired) electrons. The summed E-state index contributed by atoms with van der Waals surface area (Å²) >= 11 is 0. The maximum atomic E-state index is 13.1. The number of hydrogen-bond acceptors (Lipinski definition) is 4. The summed E-state index contributed by atoms with van der Waals surface area (Å²) in [5.74, 6) is 0.00602. The van der Waals surface area contributed by atoms with Crippen LogP contribution in [0.4, 0.5) is 0 Å². The van der Waals surface area contributed by atoms with Gasteiger partial charge in [-0.1, -0.05) is 33.6 Å². The fourth-order valence-electron chi connectivity index (χ4n) is 3.89. The maximum Gasteiger partial charge on any atom is 0.329 e. The number of esters is 1. The Morgan fingerprint density at radius 3 is 2.21 bits per heavy atom. The van der Waals surface area contributed by atoms with Crippen LogP contribution in [0.1, 0.15) is 73.6 Å². The molecule has 2 N–H and O–H groups in total. The van der Waals surface area contributed by atoms with Gasteiger partial charge in [0.15, 0.2) is 0 Å². The number of fused-ring (bicyclic) bond motifs is 1. The van der Waals surface area contributed by atoms with Crippen molar-refractivity contribution in [3.63, 3.8) is 0 Å². The van der Waals surface area contributed by atoms with Crippen LogP contribution in [-0.2, 0) is 14.3 Å². The Bertz CT molecular complexity index is 490. The molecule has 0 aromatic carbocycles. The van der Waals surface area contributed by atoms with Crippen molar-refractivity contribution >= 4 is 11.9 Å². The van der Waals surface area contributed by atoms with Gasteiger partial charge in [-0.25, -0.2) is 4.79 Å². The first-order valence-corrected chi connectivity index (χ1v) is 9.22. The molecule has 138 valence electrons. The molecule has 2 aliphatic rings. The van der Waals surface area contributed by atoms with Crippen molar-refractivity contribution in [3.8, 4) is 0 Å². The standard InChI is InChI=1S/C19H34N2O3/c1-18(2,3)15(20)16(22)21-13-10-8-7-9-12(13)11-14(21)17(23)24-19(4,5)6/h12-15H,7-11,20H2,1-6H3/t12-,13-,14-,15+/m0/s1. The van der Waals surface area contributed by atoms with Gasteiger partial charge in [-0.15, -0.1) is 0 Å². The van der Waals surface area contributed by atoms with Crippen molar-refractivity contribution in [1.29, 1.82) is 0 Å². The molecule has 1 amide bonds. The molecule has 1 heterocycles. The van der Waals surface area contributed by atoms with Crippen molar-refractivity contribution in [1.82, 2.24) is 4.90 Å². The van der Waals surface area contributed by atoms with Crippen LogP contribution in [-0.4, -0.2) is 40.5 Å². The molecule has 5 nitrogen and oxygen atoms in total. The fourth-order valence-corrected chi connectivity index (χ4v) is 3.89. The minimum absolute atomic E-state index is 0.104. The first-order chi connectivity index (χ1) is 10.9. The molecular weight excluding hydrogens is 304 g/mol. The van der Waals surface area contributed by atoms with Crippen LogP contribution in [0.3, 0.4) is 0 Å². The van der Waals surface area contributed by atoms with Crippen molar-refractivity contribution in [3.05, 3.63) is 0 Å². The number of hydrogen-bond donors (Lipinski definition) is 1. The van der Waals surface area contributed by atoms with E-state index in [0.29, 0.717) is 12.3 Å². The van der Waals surface area contributed by atoms with E-state index >= 15 is 0 Å². The van der Waals surface area contributed by atoms with Crippen molar-refractivity contribution < 1.29 is 14.3 Å². The molecule has 5 heteroatoms. The van der Waals surface area contributed by atoms with Gasteiger partial charge in [0.25, 0.3) is 0 Å². The third-order valence-corrected chi connectivity index (χ3v) is 5.22. The lowest BCUT2D eigenvalue weighted by atomic mass is 9.83. The van der Waals surface area contributed by atoms with E-state index in [1.54, 1.807) is 4.90 Å². The summed E-state index contributed by atoms with van der Waals surface area (Å²) in [7, 11) is 0. The van der Waals surface area contributed by atoms with Crippen LogP contribution in [0.15, 0.2) is 0 Å². The lowest BCUT2D eigenvalue weighted by Gasteiger charge is -2.38. The van der Waals surface area contributed by atoms with Gasteiger partial charge in [-0.3, -0.25) is 4.79 Å². The molecule has 1 saturated heterocycles. The van der Waals surface area contributed by atoms with Crippen LogP contribution in [0, 0.1) is 11.3 Å². The molecule has 2 fully saturated rings. The highest BCUT2D eigenvalue weighted by atomic mass is 16.6. The monoisotopic (exact) mass is 338 g/mol. The van der Waals surface area contributed by atoms with E-state index in [2.05, 4.69) is 0 Å². The number of nitrogens with zero attached hydrogens (tertiary/aromatic N) is 1. The van der Waals surface area contributed by atoms with Crippen LogP contribution >= 0.6 is 0 Å². The fraction of sp³-hybridized carbons (Fsp3) is 0.895. The Balaban J connectivity index is 2.27. The van der Waals surface area contributed by atoms with Gasteiger partial charge in [0, 0.05) is 6.04 Å². The third kappa shape index (κ3) is 4.11. The van der Waals surface area contributed by atoms with Crippen molar-refractivity contribution in [2.45, 2.75) is 97.4 Å². The Kier molecular flexibility index (Phi) is 5.34. The van der Waals surface area contributed by atoms with Crippen molar-refractivity contribution in [2.24, 2.45) is 17.1 Å². The first kappa shape index (κ1) is 19.2. The molecule has 0 bridgehead atoms. The average Bonchev–Trinajstić information content (AvgIpc) is 2.82. The third-order valence-electron chi connectivity index (χ3n) is 5.22. The highest BCUT2D eigenvalue weighted by Crippen LogP contribution is 2.41. The number of likely N-dealkylation sites (tertiary alicyclic amines) is 1. The quantitative estimate of drug-likeness (QED) is 0.786. The Labute approximate surface area is 146 Å². The summed E-state index contributed by atoms with van der Waals surface area (Å²) in [6.07, 6.45) is 5.04. The lowest BCUT2D eigenvalue weighted by Crippen LogP contribution is -2.56. The summed E-state index contributed by atoms with van der Waals surface area (Å²) in [4.78, 5) is 27.6. The molecule has 24 heavy (non-hydrogen) atoms. The van der Waals surface area contributed by atoms with Gasteiger partial charge in [0.1, 0.15) is 11.6 Å².